The highest BCUT2D eigenvalue weighted by Gasteiger charge is 2.08. The van der Waals surface area contributed by atoms with Gasteiger partial charge in [-0.3, -0.25) is 0 Å². The van der Waals surface area contributed by atoms with Gasteiger partial charge in [-0.2, -0.15) is 0 Å². The molecule has 0 atom stereocenters. The topological polar surface area (TPSA) is 61.0 Å². The number of nitrogen functional groups attached to an aromatic ring is 1. The molecule has 0 aliphatic carbocycles. The molecule has 4 nitrogen and oxygen atoms in total. The Balaban J connectivity index is 2.31. The molecule has 6 heteroatoms. The molecule has 0 unspecified atom stereocenters. The van der Waals surface area contributed by atoms with Gasteiger partial charge in [0.1, 0.15) is 28.2 Å². The summed E-state index contributed by atoms with van der Waals surface area (Å²) in [5.74, 6) is 0.481. The van der Waals surface area contributed by atoms with Crippen molar-refractivity contribution in [1.82, 2.24) is 9.97 Å². The van der Waals surface area contributed by atoms with Crippen LogP contribution in [0.5, 0.6) is 11.6 Å². The Morgan fingerprint density at radius 3 is 2.88 bits per heavy atom. The van der Waals surface area contributed by atoms with Gasteiger partial charge in [-0.05, 0) is 28.1 Å². The lowest BCUT2D eigenvalue weighted by molar-refractivity contribution is 0.454. The summed E-state index contributed by atoms with van der Waals surface area (Å²) in [6, 6.07) is 5.75. The molecule has 0 saturated heterocycles. The molecule has 0 amide bonds. The van der Waals surface area contributed by atoms with Crippen LogP contribution < -0.4 is 10.5 Å². The van der Waals surface area contributed by atoms with Crippen molar-refractivity contribution >= 4 is 21.7 Å². The number of hydrogen-bond acceptors (Lipinski definition) is 4. The highest BCUT2D eigenvalue weighted by atomic mass is 79.9. The normalized spacial score (nSPS) is 10.1. The lowest BCUT2D eigenvalue weighted by Gasteiger charge is -2.06. The summed E-state index contributed by atoms with van der Waals surface area (Å²) in [5, 5.41) is 0. The molecule has 0 saturated carbocycles. The standard InChI is InChI=1S/C10H7BrFN3O/c11-8-9(13)14-5-15-10(8)16-7-3-1-2-6(12)4-7/h1-5H,(H2,13,14,15). The van der Waals surface area contributed by atoms with E-state index in [1.54, 1.807) is 12.1 Å². The molecule has 0 spiro atoms. The number of nitrogens with two attached hydrogens (primary N) is 1. The first-order valence-corrected chi connectivity index (χ1v) is 5.15. The highest BCUT2D eigenvalue weighted by molar-refractivity contribution is 9.10. The predicted octanol–water partition coefficient (Wildman–Crippen LogP) is 2.75. The Morgan fingerprint density at radius 2 is 2.12 bits per heavy atom. The molecular formula is C10H7BrFN3O. The van der Waals surface area contributed by atoms with Crippen molar-refractivity contribution in [2.75, 3.05) is 5.73 Å². The van der Waals surface area contributed by atoms with Gasteiger partial charge in [-0.1, -0.05) is 6.07 Å². The number of benzene rings is 1. The summed E-state index contributed by atoms with van der Waals surface area (Å²) in [4.78, 5) is 7.65. The quantitative estimate of drug-likeness (QED) is 0.921. The van der Waals surface area contributed by atoms with Crippen LogP contribution in [-0.2, 0) is 0 Å². The SMILES string of the molecule is Nc1ncnc(Oc2cccc(F)c2)c1Br. The molecule has 1 aromatic carbocycles. The van der Waals surface area contributed by atoms with E-state index in [0.717, 1.165) is 0 Å². The van der Waals surface area contributed by atoms with E-state index in [-0.39, 0.29) is 17.5 Å². The van der Waals surface area contributed by atoms with Crippen LogP contribution in [0.4, 0.5) is 10.2 Å². The second-order valence-corrected chi connectivity index (χ2v) is 3.73. The number of hydrogen-bond donors (Lipinski definition) is 1. The maximum atomic E-state index is 12.9. The second kappa shape index (κ2) is 4.44. The average molecular weight is 284 g/mol. The number of ether oxygens (including phenoxy) is 1. The smallest absolute Gasteiger partial charge is 0.238 e. The minimum absolute atomic E-state index is 0.248. The summed E-state index contributed by atoms with van der Waals surface area (Å²) in [5.41, 5.74) is 5.55. The van der Waals surface area contributed by atoms with Crippen molar-refractivity contribution in [3.05, 3.63) is 40.9 Å². The summed E-state index contributed by atoms with van der Waals surface area (Å²) < 4.78 is 18.7. The second-order valence-electron chi connectivity index (χ2n) is 2.94. The van der Waals surface area contributed by atoms with Crippen LogP contribution in [0, 0.1) is 5.82 Å². The predicted molar refractivity (Wildman–Crippen MR) is 60.6 cm³/mol. The number of aromatic nitrogens is 2. The van der Waals surface area contributed by atoms with Gasteiger partial charge in [0.25, 0.3) is 0 Å². The molecule has 0 radical (unpaired) electrons. The van der Waals surface area contributed by atoms with Crippen molar-refractivity contribution in [2.24, 2.45) is 0 Å². The van der Waals surface area contributed by atoms with Crippen molar-refractivity contribution < 1.29 is 9.13 Å². The summed E-state index contributed by atoms with van der Waals surface area (Å²) in [6.07, 6.45) is 1.27. The fraction of sp³-hybridized carbons (Fsp3) is 0. The van der Waals surface area contributed by atoms with Crippen molar-refractivity contribution in [1.29, 1.82) is 0 Å². The molecule has 1 aromatic heterocycles. The summed E-state index contributed by atoms with van der Waals surface area (Å²) in [6.45, 7) is 0. The number of halogens is 2. The molecule has 0 aliphatic heterocycles. The molecule has 2 rings (SSSR count). The van der Waals surface area contributed by atoms with Crippen LogP contribution in [0.1, 0.15) is 0 Å². The number of rotatable bonds is 2. The van der Waals surface area contributed by atoms with E-state index in [9.17, 15) is 4.39 Å². The first kappa shape index (κ1) is 10.8. The van der Waals surface area contributed by atoms with Gasteiger partial charge in [-0.25, -0.2) is 14.4 Å². The molecular weight excluding hydrogens is 277 g/mol. The molecule has 0 bridgehead atoms. The van der Waals surface area contributed by atoms with Crippen molar-refractivity contribution in [3.8, 4) is 11.6 Å². The summed E-state index contributed by atoms with van der Waals surface area (Å²) >= 11 is 3.19. The van der Waals surface area contributed by atoms with Crippen LogP contribution in [0.3, 0.4) is 0 Å². The minimum Gasteiger partial charge on any atom is -0.438 e. The zero-order chi connectivity index (χ0) is 11.5. The first-order chi connectivity index (χ1) is 7.66. The van der Waals surface area contributed by atoms with Crippen molar-refractivity contribution in [2.45, 2.75) is 0 Å². The Kier molecular flexibility index (Phi) is 3.00. The van der Waals surface area contributed by atoms with Crippen LogP contribution in [0.2, 0.25) is 0 Å². The van der Waals surface area contributed by atoms with Crippen molar-refractivity contribution in [3.63, 3.8) is 0 Å². The van der Waals surface area contributed by atoms with E-state index in [0.29, 0.717) is 10.2 Å². The first-order valence-electron chi connectivity index (χ1n) is 4.36. The summed E-state index contributed by atoms with van der Waals surface area (Å²) in [7, 11) is 0. The van der Waals surface area contributed by atoms with Crippen LogP contribution in [0.25, 0.3) is 0 Å². The lowest BCUT2D eigenvalue weighted by atomic mass is 10.3. The van der Waals surface area contributed by atoms with Gasteiger partial charge in [0, 0.05) is 6.07 Å². The van der Waals surface area contributed by atoms with Gasteiger partial charge in [-0.15, -0.1) is 0 Å². The van der Waals surface area contributed by atoms with E-state index in [2.05, 4.69) is 25.9 Å². The maximum absolute atomic E-state index is 12.9. The van der Waals surface area contributed by atoms with E-state index < -0.39 is 0 Å². The third kappa shape index (κ3) is 2.27. The molecule has 82 valence electrons. The van der Waals surface area contributed by atoms with Crippen LogP contribution in [0.15, 0.2) is 35.1 Å². The molecule has 0 aliphatic rings. The molecule has 2 aromatic rings. The van der Waals surface area contributed by atoms with E-state index in [1.807, 2.05) is 0 Å². The molecule has 16 heavy (non-hydrogen) atoms. The average Bonchev–Trinajstić information content (AvgIpc) is 2.25. The van der Waals surface area contributed by atoms with Gasteiger partial charge in [0.15, 0.2) is 0 Å². The molecule has 1 heterocycles. The lowest BCUT2D eigenvalue weighted by Crippen LogP contribution is -1.96. The van der Waals surface area contributed by atoms with E-state index in [1.165, 1.54) is 18.5 Å². The van der Waals surface area contributed by atoms with E-state index in [4.69, 9.17) is 10.5 Å². The Labute approximate surface area is 99.4 Å². The fourth-order valence-corrected chi connectivity index (χ4v) is 1.37. The van der Waals surface area contributed by atoms with Gasteiger partial charge in [0.2, 0.25) is 5.88 Å². The van der Waals surface area contributed by atoms with Crippen LogP contribution in [-0.4, -0.2) is 9.97 Å². The highest BCUT2D eigenvalue weighted by Crippen LogP contribution is 2.30. The third-order valence-corrected chi connectivity index (χ3v) is 2.54. The Hall–Kier alpha value is -1.69. The monoisotopic (exact) mass is 283 g/mol. The minimum atomic E-state index is -0.379. The van der Waals surface area contributed by atoms with E-state index >= 15 is 0 Å². The van der Waals surface area contributed by atoms with Gasteiger partial charge in [0.05, 0.1) is 0 Å². The Morgan fingerprint density at radius 1 is 1.31 bits per heavy atom. The van der Waals surface area contributed by atoms with Crippen LogP contribution >= 0.6 is 15.9 Å². The van der Waals surface area contributed by atoms with Gasteiger partial charge < -0.3 is 10.5 Å². The molecule has 0 fully saturated rings. The third-order valence-electron chi connectivity index (χ3n) is 1.80. The maximum Gasteiger partial charge on any atom is 0.238 e. The Bertz CT molecular complexity index is 521. The van der Waals surface area contributed by atoms with Gasteiger partial charge >= 0.3 is 0 Å². The zero-order valence-electron chi connectivity index (χ0n) is 8.02. The number of nitrogens with zero attached hydrogens (tertiary/aromatic N) is 2. The number of anilines is 1. The molecule has 2 N–H and O–H groups in total. The fourth-order valence-electron chi connectivity index (χ4n) is 1.08. The zero-order valence-corrected chi connectivity index (χ0v) is 9.61. The largest absolute Gasteiger partial charge is 0.438 e.